The predicted octanol–water partition coefficient (Wildman–Crippen LogP) is 1.28. The molecule has 6 nitrogen and oxygen atoms in total. The lowest BCUT2D eigenvalue weighted by Crippen LogP contribution is -2.32. The lowest BCUT2D eigenvalue weighted by atomic mass is 10.1. The van der Waals surface area contributed by atoms with E-state index in [4.69, 9.17) is 0 Å². The van der Waals surface area contributed by atoms with Crippen molar-refractivity contribution >= 4 is 24.0 Å². The van der Waals surface area contributed by atoms with E-state index >= 15 is 0 Å². The second-order valence-electron chi connectivity index (χ2n) is 3.80. The van der Waals surface area contributed by atoms with Crippen molar-refractivity contribution < 1.29 is 9.72 Å². The Bertz CT molecular complexity index is 409. The summed E-state index contributed by atoms with van der Waals surface area (Å²) in [5.41, 5.74) is 0.799. The Hall–Kier alpha value is -1.66. The van der Waals surface area contributed by atoms with E-state index in [1.807, 2.05) is 6.92 Å². The first kappa shape index (κ1) is 17.3. The zero-order chi connectivity index (χ0) is 13.4. The molecule has 0 heterocycles. The quantitative estimate of drug-likeness (QED) is 0.449. The van der Waals surface area contributed by atoms with Gasteiger partial charge in [0.25, 0.3) is 5.69 Å². The van der Waals surface area contributed by atoms with Crippen LogP contribution in [-0.2, 0) is 11.2 Å². The molecule has 19 heavy (non-hydrogen) atoms. The van der Waals surface area contributed by atoms with Gasteiger partial charge in [0.2, 0.25) is 5.91 Å². The fraction of sp³-hybridized carbons (Fsp3) is 0.417. The van der Waals surface area contributed by atoms with Gasteiger partial charge in [-0.05, 0) is 12.1 Å². The molecule has 0 radical (unpaired) electrons. The maximum Gasteiger partial charge on any atom is 0.269 e. The van der Waals surface area contributed by atoms with Crippen molar-refractivity contribution in [3.05, 3.63) is 39.9 Å². The third-order valence-electron chi connectivity index (χ3n) is 2.39. The molecular weight excluding hydrogens is 270 g/mol. The van der Waals surface area contributed by atoms with Crippen molar-refractivity contribution in [2.24, 2.45) is 0 Å². The Morgan fingerprint density at radius 1 is 1.26 bits per heavy atom. The average molecular weight is 288 g/mol. The van der Waals surface area contributed by atoms with Crippen LogP contribution in [0, 0.1) is 10.1 Å². The third kappa shape index (κ3) is 6.73. The molecule has 7 heteroatoms. The molecule has 2 N–H and O–H groups in total. The Morgan fingerprint density at radius 2 is 1.89 bits per heavy atom. The maximum absolute atomic E-state index is 11.5. The molecule has 0 spiro atoms. The molecule has 0 aromatic heterocycles. The number of halogens is 1. The van der Waals surface area contributed by atoms with Crippen LogP contribution in [0.5, 0.6) is 0 Å². The van der Waals surface area contributed by atoms with Gasteiger partial charge >= 0.3 is 0 Å². The molecule has 1 aromatic rings. The first-order chi connectivity index (χ1) is 8.63. The van der Waals surface area contributed by atoms with Crippen LogP contribution in [0.25, 0.3) is 0 Å². The number of nitrogens with one attached hydrogen (secondary N) is 2. The van der Waals surface area contributed by atoms with Crippen molar-refractivity contribution in [1.29, 1.82) is 0 Å². The highest BCUT2D eigenvalue weighted by Gasteiger charge is 2.06. The number of amides is 1. The Labute approximate surface area is 118 Å². The van der Waals surface area contributed by atoms with Crippen molar-refractivity contribution in [2.45, 2.75) is 13.3 Å². The van der Waals surface area contributed by atoms with E-state index < -0.39 is 4.92 Å². The van der Waals surface area contributed by atoms with Gasteiger partial charge in [0, 0.05) is 25.2 Å². The normalized spacial score (nSPS) is 9.53. The van der Waals surface area contributed by atoms with Gasteiger partial charge in [0.05, 0.1) is 11.3 Å². The average Bonchev–Trinajstić information content (AvgIpc) is 2.35. The standard InChI is InChI=1S/C12H17N3O3.ClH/c1-2-13-7-8-14-12(16)9-10-3-5-11(6-4-10)15(17)18;/h3-6,13H,2,7-9H2,1H3,(H,14,16);1H. The number of non-ortho nitro benzene ring substituents is 1. The number of nitrogens with zero attached hydrogens (tertiary/aromatic N) is 1. The molecular formula is C12H18ClN3O3. The highest BCUT2D eigenvalue weighted by molar-refractivity contribution is 5.85. The second kappa shape index (κ2) is 9.29. The zero-order valence-electron chi connectivity index (χ0n) is 10.7. The van der Waals surface area contributed by atoms with Crippen LogP contribution in [0.15, 0.2) is 24.3 Å². The summed E-state index contributed by atoms with van der Waals surface area (Å²) in [5, 5.41) is 16.3. The van der Waals surface area contributed by atoms with E-state index in [1.165, 1.54) is 12.1 Å². The SMILES string of the molecule is CCNCCNC(=O)Cc1ccc([N+](=O)[O-])cc1.Cl. The highest BCUT2D eigenvalue weighted by atomic mass is 35.5. The monoisotopic (exact) mass is 287 g/mol. The Kier molecular flexibility index (Phi) is 8.48. The second-order valence-corrected chi connectivity index (χ2v) is 3.80. The molecule has 0 fully saturated rings. The molecule has 0 aliphatic heterocycles. The van der Waals surface area contributed by atoms with Gasteiger partial charge in [-0.1, -0.05) is 19.1 Å². The Balaban J connectivity index is 0.00000324. The molecule has 1 rings (SSSR count). The van der Waals surface area contributed by atoms with E-state index in [-0.39, 0.29) is 30.4 Å². The predicted molar refractivity (Wildman–Crippen MR) is 75.6 cm³/mol. The number of hydrogen-bond donors (Lipinski definition) is 2. The molecule has 0 saturated carbocycles. The molecule has 0 unspecified atom stereocenters. The number of carbonyl (C=O) groups excluding carboxylic acids is 1. The van der Waals surface area contributed by atoms with E-state index in [0.29, 0.717) is 6.54 Å². The van der Waals surface area contributed by atoms with Crippen molar-refractivity contribution in [3.8, 4) is 0 Å². The maximum atomic E-state index is 11.5. The molecule has 106 valence electrons. The van der Waals surface area contributed by atoms with Gasteiger partial charge in [-0.25, -0.2) is 0 Å². The van der Waals surface area contributed by atoms with Crippen LogP contribution >= 0.6 is 12.4 Å². The van der Waals surface area contributed by atoms with Crippen LogP contribution < -0.4 is 10.6 Å². The number of hydrogen-bond acceptors (Lipinski definition) is 4. The molecule has 0 aliphatic carbocycles. The minimum atomic E-state index is -0.458. The summed E-state index contributed by atoms with van der Waals surface area (Å²) in [6.45, 7) is 4.19. The summed E-state index contributed by atoms with van der Waals surface area (Å²) < 4.78 is 0. The molecule has 0 saturated heterocycles. The molecule has 1 amide bonds. The number of rotatable bonds is 7. The number of nitro benzene ring substituents is 1. The first-order valence-corrected chi connectivity index (χ1v) is 5.84. The number of likely N-dealkylation sites (N-methyl/N-ethyl adjacent to an activating group) is 1. The minimum Gasteiger partial charge on any atom is -0.355 e. The van der Waals surface area contributed by atoms with Crippen LogP contribution in [0.2, 0.25) is 0 Å². The molecule has 1 aromatic carbocycles. The lowest BCUT2D eigenvalue weighted by Gasteiger charge is -2.05. The summed E-state index contributed by atoms with van der Waals surface area (Å²) in [6, 6.07) is 6.01. The largest absolute Gasteiger partial charge is 0.355 e. The van der Waals surface area contributed by atoms with Crippen molar-refractivity contribution in [1.82, 2.24) is 10.6 Å². The topological polar surface area (TPSA) is 84.3 Å². The molecule has 0 aliphatic rings. The number of nitro groups is 1. The summed E-state index contributed by atoms with van der Waals surface area (Å²) in [6.07, 6.45) is 0.240. The lowest BCUT2D eigenvalue weighted by molar-refractivity contribution is -0.384. The zero-order valence-corrected chi connectivity index (χ0v) is 11.5. The van der Waals surface area contributed by atoms with Crippen LogP contribution in [0.4, 0.5) is 5.69 Å². The fourth-order valence-corrected chi connectivity index (χ4v) is 1.45. The number of benzene rings is 1. The van der Waals surface area contributed by atoms with Gasteiger partial charge in [-0.15, -0.1) is 12.4 Å². The summed E-state index contributed by atoms with van der Waals surface area (Å²) in [7, 11) is 0. The van der Waals surface area contributed by atoms with E-state index in [2.05, 4.69) is 10.6 Å². The smallest absolute Gasteiger partial charge is 0.269 e. The summed E-state index contributed by atoms with van der Waals surface area (Å²) in [4.78, 5) is 21.5. The Morgan fingerprint density at radius 3 is 2.42 bits per heavy atom. The summed E-state index contributed by atoms with van der Waals surface area (Å²) >= 11 is 0. The van der Waals surface area contributed by atoms with Crippen molar-refractivity contribution in [3.63, 3.8) is 0 Å². The van der Waals surface area contributed by atoms with Gasteiger partial charge in [0.15, 0.2) is 0 Å². The van der Waals surface area contributed by atoms with E-state index in [0.717, 1.165) is 18.7 Å². The summed E-state index contributed by atoms with van der Waals surface area (Å²) in [5.74, 6) is -0.0817. The minimum absolute atomic E-state index is 0. The van der Waals surface area contributed by atoms with Gasteiger partial charge in [-0.2, -0.15) is 0 Å². The molecule has 0 atom stereocenters. The highest BCUT2D eigenvalue weighted by Crippen LogP contribution is 2.12. The van der Waals surface area contributed by atoms with Gasteiger partial charge < -0.3 is 10.6 Å². The third-order valence-corrected chi connectivity index (χ3v) is 2.39. The fourth-order valence-electron chi connectivity index (χ4n) is 1.45. The van der Waals surface area contributed by atoms with Crippen LogP contribution in [0.3, 0.4) is 0 Å². The first-order valence-electron chi connectivity index (χ1n) is 5.84. The van der Waals surface area contributed by atoms with Crippen molar-refractivity contribution in [2.75, 3.05) is 19.6 Å². The van der Waals surface area contributed by atoms with E-state index in [1.54, 1.807) is 12.1 Å². The molecule has 0 bridgehead atoms. The van der Waals surface area contributed by atoms with Gasteiger partial charge in [0.1, 0.15) is 0 Å². The van der Waals surface area contributed by atoms with Crippen LogP contribution in [0.1, 0.15) is 12.5 Å². The van der Waals surface area contributed by atoms with Gasteiger partial charge in [-0.3, -0.25) is 14.9 Å². The number of carbonyl (C=O) groups is 1. The van der Waals surface area contributed by atoms with Crippen LogP contribution in [-0.4, -0.2) is 30.5 Å². The van der Waals surface area contributed by atoms with E-state index in [9.17, 15) is 14.9 Å².